The van der Waals surface area contributed by atoms with Crippen molar-refractivity contribution in [3.63, 3.8) is 0 Å². The van der Waals surface area contributed by atoms with E-state index in [0.717, 1.165) is 50.9 Å². The molecule has 1 atom stereocenters. The monoisotopic (exact) mass is 440 g/mol. The number of benzene rings is 1. The molecule has 0 radical (unpaired) electrons. The van der Waals surface area contributed by atoms with E-state index in [1.165, 1.54) is 38.5 Å². The molecule has 1 saturated carbocycles. The molecule has 0 aromatic heterocycles. The van der Waals surface area contributed by atoms with Gasteiger partial charge in [-0.05, 0) is 106 Å². The topological polar surface area (TPSA) is 0 Å². The molecule has 0 nitrogen and oxygen atoms in total. The van der Waals surface area contributed by atoms with E-state index in [4.69, 9.17) is 0 Å². The van der Waals surface area contributed by atoms with E-state index >= 15 is 0 Å². The van der Waals surface area contributed by atoms with E-state index in [9.17, 15) is 8.78 Å². The average molecular weight is 441 g/mol. The third kappa shape index (κ3) is 7.15. The van der Waals surface area contributed by atoms with Gasteiger partial charge in [-0.25, -0.2) is 8.78 Å². The molecule has 176 valence electrons. The van der Waals surface area contributed by atoms with Crippen LogP contribution in [0.25, 0.3) is 0 Å². The summed E-state index contributed by atoms with van der Waals surface area (Å²) in [5.74, 6) is 0.303. The number of aryl methyl sites for hydroxylation is 1. The summed E-state index contributed by atoms with van der Waals surface area (Å²) in [6.07, 6.45) is 23.9. The molecule has 0 N–H and O–H groups in total. The van der Waals surface area contributed by atoms with E-state index in [0.29, 0.717) is 23.5 Å². The lowest BCUT2D eigenvalue weighted by atomic mass is 9.76. The summed E-state index contributed by atoms with van der Waals surface area (Å²) in [7, 11) is 0. The second kappa shape index (κ2) is 13.1. The Kier molecular flexibility index (Phi) is 10.2. The lowest BCUT2D eigenvalue weighted by molar-refractivity contribution is 0.300. The van der Waals surface area contributed by atoms with Crippen LogP contribution in [-0.4, -0.2) is 0 Å². The zero-order chi connectivity index (χ0) is 22.8. The molecular formula is C30H42F2. The highest BCUT2D eigenvalue weighted by molar-refractivity contribution is 5.30. The van der Waals surface area contributed by atoms with Crippen LogP contribution >= 0.6 is 0 Å². The fourth-order valence-corrected chi connectivity index (χ4v) is 5.58. The van der Waals surface area contributed by atoms with Crippen LogP contribution in [0.1, 0.15) is 107 Å². The molecule has 0 aliphatic heterocycles. The van der Waals surface area contributed by atoms with Crippen LogP contribution in [0.2, 0.25) is 0 Å². The molecule has 3 rings (SSSR count). The number of unbranched alkanes of at least 4 members (excludes halogenated alkanes) is 1. The summed E-state index contributed by atoms with van der Waals surface area (Å²) in [6.45, 7) is 6.02. The van der Waals surface area contributed by atoms with Gasteiger partial charge in [-0.15, -0.1) is 6.58 Å². The number of rotatable bonds is 11. The molecular weight excluding hydrogens is 398 g/mol. The SMILES string of the molecule is C=CCCCC1CCC(c2ccc(CC/C=C/C3CC=C(CCC)CC3)c(F)c2F)CC1. The van der Waals surface area contributed by atoms with E-state index in [1.54, 1.807) is 5.57 Å². The molecule has 2 aliphatic rings. The van der Waals surface area contributed by atoms with E-state index in [1.807, 2.05) is 18.2 Å². The Bertz CT molecular complexity index is 780. The van der Waals surface area contributed by atoms with Crippen LogP contribution in [0.4, 0.5) is 8.78 Å². The second-order valence-electron chi connectivity index (χ2n) is 9.99. The number of allylic oxidation sites excluding steroid dienone is 5. The van der Waals surface area contributed by atoms with Gasteiger partial charge in [-0.1, -0.05) is 61.8 Å². The summed E-state index contributed by atoms with van der Waals surface area (Å²) in [6, 6.07) is 3.69. The number of hydrogen-bond acceptors (Lipinski definition) is 0. The highest BCUT2D eigenvalue weighted by Gasteiger charge is 2.26. The maximum absolute atomic E-state index is 14.9. The van der Waals surface area contributed by atoms with E-state index < -0.39 is 11.6 Å². The van der Waals surface area contributed by atoms with Gasteiger partial charge >= 0.3 is 0 Å². The Morgan fingerprint density at radius 1 is 1.00 bits per heavy atom. The van der Waals surface area contributed by atoms with Crippen molar-refractivity contribution in [2.75, 3.05) is 0 Å². The average Bonchev–Trinajstić information content (AvgIpc) is 2.81. The Balaban J connectivity index is 1.47. The van der Waals surface area contributed by atoms with Gasteiger partial charge in [0.05, 0.1) is 0 Å². The first-order chi connectivity index (χ1) is 15.6. The van der Waals surface area contributed by atoms with Crippen molar-refractivity contribution < 1.29 is 8.78 Å². The van der Waals surface area contributed by atoms with Crippen LogP contribution in [-0.2, 0) is 6.42 Å². The van der Waals surface area contributed by atoms with Crippen molar-refractivity contribution in [3.8, 4) is 0 Å². The molecule has 0 saturated heterocycles. The van der Waals surface area contributed by atoms with Gasteiger partial charge in [-0.2, -0.15) is 0 Å². The standard InChI is InChI=1S/C30H42F2/c1-3-5-6-10-25-17-19-26(20-18-25)28-22-21-27(29(31)30(28)32)12-8-7-11-24-15-13-23(9-4-2)14-16-24/h3,7,11,13,21-22,24-26H,1,4-6,8-10,12,14-20H2,2H3/b11-7+. The minimum absolute atomic E-state index is 0.172. The van der Waals surface area contributed by atoms with Gasteiger partial charge in [0.25, 0.3) is 0 Å². The molecule has 0 spiro atoms. The Labute approximate surface area is 194 Å². The molecule has 1 unspecified atom stereocenters. The molecule has 2 aliphatic carbocycles. The lowest BCUT2D eigenvalue weighted by Crippen LogP contribution is -2.15. The Morgan fingerprint density at radius 3 is 2.50 bits per heavy atom. The van der Waals surface area contributed by atoms with Crippen LogP contribution in [0.3, 0.4) is 0 Å². The normalized spacial score (nSPS) is 24.0. The predicted molar refractivity (Wildman–Crippen MR) is 133 cm³/mol. The maximum atomic E-state index is 14.9. The van der Waals surface area contributed by atoms with Crippen LogP contribution < -0.4 is 0 Å². The van der Waals surface area contributed by atoms with Crippen molar-refractivity contribution >= 4 is 0 Å². The van der Waals surface area contributed by atoms with Crippen molar-refractivity contribution in [3.05, 3.63) is 71.4 Å². The number of halogens is 2. The molecule has 1 aromatic rings. The zero-order valence-corrected chi connectivity index (χ0v) is 20.1. The van der Waals surface area contributed by atoms with E-state index in [2.05, 4.69) is 31.7 Å². The summed E-state index contributed by atoms with van der Waals surface area (Å²) >= 11 is 0. The van der Waals surface area contributed by atoms with E-state index in [-0.39, 0.29) is 5.92 Å². The summed E-state index contributed by atoms with van der Waals surface area (Å²) in [5, 5.41) is 0. The van der Waals surface area contributed by atoms with Gasteiger partial charge in [0.2, 0.25) is 0 Å². The number of hydrogen-bond donors (Lipinski definition) is 0. The molecule has 1 aromatic carbocycles. The van der Waals surface area contributed by atoms with Crippen molar-refractivity contribution in [2.45, 2.75) is 103 Å². The molecule has 1 fully saturated rings. The summed E-state index contributed by atoms with van der Waals surface area (Å²) in [5.41, 5.74) is 2.72. The van der Waals surface area contributed by atoms with Crippen molar-refractivity contribution in [1.29, 1.82) is 0 Å². The maximum Gasteiger partial charge on any atom is 0.162 e. The van der Waals surface area contributed by atoms with Gasteiger partial charge in [-0.3, -0.25) is 0 Å². The Morgan fingerprint density at radius 2 is 1.81 bits per heavy atom. The predicted octanol–water partition coefficient (Wildman–Crippen LogP) is 9.61. The first kappa shape index (κ1) is 24.9. The third-order valence-corrected chi connectivity index (χ3v) is 7.60. The van der Waals surface area contributed by atoms with Gasteiger partial charge < -0.3 is 0 Å². The molecule has 0 amide bonds. The quantitative estimate of drug-likeness (QED) is 0.237. The smallest absolute Gasteiger partial charge is 0.162 e. The van der Waals surface area contributed by atoms with Crippen molar-refractivity contribution in [2.24, 2.45) is 11.8 Å². The van der Waals surface area contributed by atoms with Gasteiger partial charge in [0.1, 0.15) is 0 Å². The van der Waals surface area contributed by atoms with Crippen LogP contribution in [0.15, 0.2) is 48.6 Å². The molecule has 0 bridgehead atoms. The summed E-state index contributed by atoms with van der Waals surface area (Å²) < 4.78 is 29.7. The molecule has 32 heavy (non-hydrogen) atoms. The first-order valence-electron chi connectivity index (χ1n) is 13.0. The largest absolute Gasteiger partial charge is 0.203 e. The van der Waals surface area contributed by atoms with Gasteiger partial charge in [0, 0.05) is 0 Å². The van der Waals surface area contributed by atoms with Crippen molar-refractivity contribution in [1.82, 2.24) is 0 Å². The lowest BCUT2D eigenvalue weighted by Gasteiger charge is -2.29. The second-order valence-corrected chi connectivity index (χ2v) is 9.99. The highest BCUT2D eigenvalue weighted by atomic mass is 19.2. The fraction of sp³-hybridized carbons (Fsp3) is 0.600. The minimum atomic E-state index is -0.617. The summed E-state index contributed by atoms with van der Waals surface area (Å²) in [4.78, 5) is 0. The zero-order valence-electron chi connectivity index (χ0n) is 20.1. The first-order valence-corrected chi connectivity index (χ1v) is 13.0. The minimum Gasteiger partial charge on any atom is -0.203 e. The molecule has 2 heteroatoms. The van der Waals surface area contributed by atoms with Crippen LogP contribution in [0.5, 0.6) is 0 Å². The Hall–Kier alpha value is -1.70. The third-order valence-electron chi connectivity index (χ3n) is 7.60. The van der Waals surface area contributed by atoms with Gasteiger partial charge in [0.15, 0.2) is 11.6 Å². The molecule has 0 heterocycles. The fourth-order valence-electron chi connectivity index (χ4n) is 5.58. The highest BCUT2D eigenvalue weighted by Crippen LogP contribution is 2.39. The van der Waals surface area contributed by atoms with Crippen LogP contribution in [0, 0.1) is 23.5 Å².